The van der Waals surface area contributed by atoms with Crippen LogP contribution in [0.15, 0.2) is 54.6 Å². The fraction of sp³-hybridized carbons (Fsp3) is 0.458. The van der Waals surface area contributed by atoms with Crippen LogP contribution in [-0.4, -0.2) is 47.5 Å². The van der Waals surface area contributed by atoms with E-state index >= 15 is 0 Å². The molecular weight excluding hydrogens is 382 g/mol. The Hall–Kier alpha value is -2.57. The van der Waals surface area contributed by atoms with Gasteiger partial charge in [0.25, 0.3) is 0 Å². The van der Waals surface area contributed by atoms with Gasteiger partial charge in [0.05, 0.1) is 37.0 Å². The van der Waals surface area contributed by atoms with Crippen molar-refractivity contribution in [2.75, 3.05) is 13.2 Å². The maximum Gasteiger partial charge on any atom is 0.410 e. The Morgan fingerprint density at radius 1 is 1.10 bits per heavy atom. The second kappa shape index (κ2) is 8.66. The molecule has 2 fully saturated rings. The summed E-state index contributed by atoms with van der Waals surface area (Å²) in [5.74, 6) is 0.689. The summed E-state index contributed by atoms with van der Waals surface area (Å²) in [6, 6.07) is 16.7. The zero-order valence-corrected chi connectivity index (χ0v) is 17.5. The van der Waals surface area contributed by atoms with Crippen LogP contribution in [0.2, 0.25) is 0 Å². The van der Waals surface area contributed by atoms with E-state index in [0.717, 1.165) is 11.1 Å². The summed E-state index contributed by atoms with van der Waals surface area (Å²) in [4.78, 5) is 14.6. The number of carbonyl (C=O) groups excluding carboxylic acids is 1. The summed E-state index contributed by atoms with van der Waals surface area (Å²) < 4.78 is 17.2. The lowest BCUT2D eigenvalue weighted by Crippen LogP contribution is -2.62. The molecule has 30 heavy (non-hydrogen) atoms. The molecule has 2 aromatic carbocycles. The van der Waals surface area contributed by atoms with Crippen molar-refractivity contribution in [3.05, 3.63) is 65.7 Å². The van der Waals surface area contributed by atoms with Gasteiger partial charge in [0.2, 0.25) is 0 Å². The molecule has 1 amide bonds. The average Bonchev–Trinajstić information content (AvgIpc) is 2.72. The first kappa shape index (κ1) is 20.7. The molecule has 2 heterocycles. The number of ether oxygens (including phenoxy) is 3. The molecule has 2 bridgehead atoms. The Bertz CT molecular complexity index is 855. The highest BCUT2D eigenvalue weighted by molar-refractivity contribution is 5.69. The Morgan fingerprint density at radius 3 is 2.40 bits per heavy atom. The van der Waals surface area contributed by atoms with Crippen molar-refractivity contribution in [1.29, 1.82) is 0 Å². The Kier molecular flexibility index (Phi) is 5.97. The summed E-state index contributed by atoms with van der Waals surface area (Å²) in [6.07, 6.45) is 0.404. The molecule has 2 aliphatic rings. The number of fused-ring (bicyclic) bond motifs is 2. The van der Waals surface area contributed by atoms with Crippen molar-refractivity contribution in [2.45, 2.75) is 57.1 Å². The van der Waals surface area contributed by atoms with Crippen LogP contribution in [0.3, 0.4) is 0 Å². The Labute approximate surface area is 177 Å². The van der Waals surface area contributed by atoms with Gasteiger partial charge >= 0.3 is 6.09 Å². The number of amides is 1. The largest absolute Gasteiger partial charge is 0.491 e. The Balaban J connectivity index is 1.51. The molecule has 1 N–H and O–H groups in total. The van der Waals surface area contributed by atoms with E-state index in [1.807, 2.05) is 68.4 Å². The van der Waals surface area contributed by atoms with Crippen LogP contribution in [-0.2, 0) is 21.7 Å². The van der Waals surface area contributed by atoms with Crippen LogP contribution in [0.5, 0.6) is 5.75 Å². The highest BCUT2D eigenvalue weighted by atomic mass is 16.6. The lowest BCUT2D eigenvalue weighted by atomic mass is 9.76. The van der Waals surface area contributed by atoms with Crippen LogP contribution in [0.4, 0.5) is 4.79 Å². The molecule has 2 aliphatic heterocycles. The third kappa shape index (κ3) is 4.30. The van der Waals surface area contributed by atoms with Crippen LogP contribution >= 0.6 is 0 Å². The minimum absolute atomic E-state index is 0.00522. The molecule has 4 rings (SSSR count). The minimum Gasteiger partial charge on any atom is -0.491 e. The summed E-state index contributed by atoms with van der Waals surface area (Å²) in [7, 11) is 0. The lowest BCUT2D eigenvalue weighted by Gasteiger charge is -2.51. The molecule has 0 aromatic heterocycles. The van der Waals surface area contributed by atoms with E-state index in [9.17, 15) is 9.90 Å². The molecule has 2 aromatic rings. The molecule has 0 aliphatic carbocycles. The maximum absolute atomic E-state index is 12.9. The van der Waals surface area contributed by atoms with Gasteiger partial charge in [-0.2, -0.15) is 0 Å². The second-order valence-electron chi connectivity index (χ2n) is 8.40. The van der Waals surface area contributed by atoms with Gasteiger partial charge in [-0.1, -0.05) is 48.5 Å². The van der Waals surface area contributed by atoms with Gasteiger partial charge in [-0.3, -0.25) is 4.90 Å². The van der Waals surface area contributed by atoms with Crippen molar-refractivity contribution in [3.8, 4) is 5.75 Å². The van der Waals surface area contributed by atoms with E-state index in [4.69, 9.17) is 14.2 Å². The third-order valence-corrected chi connectivity index (χ3v) is 5.72. The number of rotatable bonds is 5. The molecule has 160 valence electrons. The van der Waals surface area contributed by atoms with E-state index in [1.54, 1.807) is 4.90 Å². The lowest BCUT2D eigenvalue weighted by molar-refractivity contribution is -0.137. The predicted octanol–water partition coefficient (Wildman–Crippen LogP) is 3.86. The molecule has 6 heteroatoms. The van der Waals surface area contributed by atoms with Gasteiger partial charge in [-0.05, 0) is 25.5 Å². The minimum atomic E-state index is -1.08. The van der Waals surface area contributed by atoms with Crippen LogP contribution in [0, 0.1) is 0 Å². The highest BCUT2D eigenvalue weighted by Gasteiger charge is 2.50. The zero-order valence-electron chi connectivity index (χ0n) is 17.5. The molecule has 2 unspecified atom stereocenters. The topological polar surface area (TPSA) is 68.2 Å². The normalized spacial score (nSPS) is 25.8. The first-order chi connectivity index (χ1) is 14.5. The van der Waals surface area contributed by atoms with E-state index in [-0.39, 0.29) is 30.9 Å². The quantitative estimate of drug-likeness (QED) is 0.809. The van der Waals surface area contributed by atoms with Crippen LogP contribution < -0.4 is 4.74 Å². The van der Waals surface area contributed by atoms with E-state index < -0.39 is 5.60 Å². The second-order valence-corrected chi connectivity index (χ2v) is 8.40. The van der Waals surface area contributed by atoms with E-state index in [2.05, 4.69) is 0 Å². The number of piperidine rings is 1. The highest BCUT2D eigenvalue weighted by Crippen LogP contribution is 2.44. The summed E-state index contributed by atoms with van der Waals surface area (Å²) in [6.45, 7) is 4.92. The van der Waals surface area contributed by atoms with Gasteiger partial charge in [0.15, 0.2) is 0 Å². The van der Waals surface area contributed by atoms with Crippen molar-refractivity contribution in [3.63, 3.8) is 0 Å². The van der Waals surface area contributed by atoms with Gasteiger partial charge in [0, 0.05) is 18.4 Å². The molecule has 0 saturated carbocycles. The summed E-state index contributed by atoms with van der Waals surface area (Å²) in [5, 5.41) is 11.6. The van der Waals surface area contributed by atoms with E-state index in [0.29, 0.717) is 31.8 Å². The monoisotopic (exact) mass is 411 g/mol. The van der Waals surface area contributed by atoms with E-state index in [1.165, 1.54) is 0 Å². The van der Waals surface area contributed by atoms with Gasteiger partial charge in [-0.15, -0.1) is 0 Å². The molecule has 6 nitrogen and oxygen atoms in total. The first-order valence-corrected chi connectivity index (χ1v) is 10.5. The van der Waals surface area contributed by atoms with Crippen molar-refractivity contribution in [1.82, 2.24) is 4.90 Å². The number of nitrogens with zero attached hydrogens (tertiary/aromatic N) is 1. The molecule has 0 spiro atoms. The Morgan fingerprint density at radius 2 is 1.73 bits per heavy atom. The fourth-order valence-corrected chi connectivity index (χ4v) is 4.50. The molecular formula is C24H29NO5. The SMILES string of the molecule is CC(C)Oc1ccccc1C1(O)CC2COCC(C1)N2C(=O)OCc1ccccc1. The number of hydrogen-bond donors (Lipinski definition) is 1. The smallest absolute Gasteiger partial charge is 0.410 e. The molecule has 2 atom stereocenters. The molecule has 2 saturated heterocycles. The number of morpholine rings is 1. The average molecular weight is 411 g/mol. The number of aliphatic hydroxyl groups is 1. The van der Waals surface area contributed by atoms with Gasteiger partial charge in [-0.25, -0.2) is 4.79 Å². The number of hydrogen-bond acceptors (Lipinski definition) is 5. The first-order valence-electron chi connectivity index (χ1n) is 10.5. The van der Waals surface area contributed by atoms with Gasteiger partial charge in [0.1, 0.15) is 12.4 Å². The number of para-hydroxylation sites is 1. The number of benzene rings is 2. The maximum atomic E-state index is 12.9. The summed E-state index contributed by atoms with van der Waals surface area (Å²) >= 11 is 0. The van der Waals surface area contributed by atoms with Crippen LogP contribution in [0.25, 0.3) is 0 Å². The molecule has 0 radical (unpaired) electrons. The van der Waals surface area contributed by atoms with Crippen molar-refractivity contribution < 1.29 is 24.1 Å². The van der Waals surface area contributed by atoms with Gasteiger partial charge < -0.3 is 19.3 Å². The standard InChI is InChI=1S/C24H29NO5/c1-17(2)30-22-11-7-6-10-21(22)24(27)12-19-15-28-16-20(13-24)25(19)23(26)29-14-18-8-4-3-5-9-18/h3-11,17,19-20,27H,12-16H2,1-2H3. The van der Waals surface area contributed by atoms with Crippen LogP contribution in [0.1, 0.15) is 37.8 Å². The van der Waals surface area contributed by atoms with Crippen molar-refractivity contribution >= 4 is 6.09 Å². The fourth-order valence-electron chi connectivity index (χ4n) is 4.50. The number of carbonyl (C=O) groups is 1. The zero-order chi connectivity index (χ0) is 21.1. The summed E-state index contributed by atoms with van der Waals surface area (Å²) in [5.41, 5.74) is 0.634. The predicted molar refractivity (Wildman–Crippen MR) is 112 cm³/mol. The third-order valence-electron chi connectivity index (χ3n) is 5.72. The van der Waals surface area contributed by atoms with Crippen molar-refractivity contribution in [2.24, 2.45) is 0 Å².